The Morgan fingerprint density at radius 1 is 1.12 bits per heavy atom. The average Bonchev–Trinajstić information content (AvgIpc) is 2.62. The zero-order valence-corrected chi connectivity index (χ0v) is 14.4. The minimum absolute atomic E-state index is 0.152. The highest BCUT2D eigenvalue weighted by Crippen LogP contribution is 2.37. The van der Waals surface area contributed by atoms with Crippen molar-refractivity contribution < 1.29 is 4.79 Å². The number of rotatable bonds is 2. The third-order valence-corrected chi connectivity index (χ3v) is 5.40. The number of nitrogens with zero attached hydrogens (tertiary/aromatic N) is 2. The molecule has 4 heteroatoms. The lowest BCUT2D eigenvalue weighted by molar-refractivity contribution is 0.519. The summed E-state index contributed by atoms with van der Waals surface area (Å²) in [6.07, 6.45) is 10.5. The van der Waals surface area contributed by atoms with Gasteiger partial charge in [-0.05, 0) is 68.7 Å². The van der Waals surface area contributed by atoms with Crippen molar-refractivity contribution >= 4 is 40.2 Å². The lowest BCUT2D eigenvalue weighted by Gasteiger charge is -2.22. The van der Waals surface area contributed by atoms with Crippen molar-refractivity contribution in [2.75, 3.05) is 0 Å². The minimum Gasteiger partial charge on any atom is -0.290 e. The van der Waals surface area contributed by atoms with Gasteiger partial charge in [0.15, 0.2) is 0 Å². The molecule has 1 aromatic carbocycles. The zero-order valence-electron chi connectivity index (χ0n) is 13.6. The Hall–Kier alpha value is -1.74. The Morgan fingerprint density at radius 2 is 1.96 bits per heavy atom. The van der Waals surface area contributed by atoms with Crippen LogP contribution >= 0.6 is 11.6 Å². The van der Waals surface area contributed by atoms with Crippen molar-refractivity contribution in [1.29, 1.82) is 0 Å². The van der Waals surface area contributed by atoms with Gasteiger partial charge in [0.2, 0.25) is 6.29 Å². The van der Waals surface area contributed by atoms with Gasteiger partial charge in [-0.15, -0.1) is 0 Å². The highest BCUT2D eigenvalue weighted by molar-refractivity contribution is 6.31. The normalized spacial score (nSPS) is 22.5. The van der Waals surface area contributed by atoms with Crippen molar-refractivity contribution in [1.82, 2.24) is 4.98 Å². The second-order valence-corrected chi connectivity index (χ2v) is 7.21. The summed E-state index contributed by atoms with van der Waals surface area (Å²) in [4.78, 5) is 21.2. The molecule has 0 aliphatic heterocycles. The summed E-state index contributed by atoms with van der Waals surface area (Å²) in [5.74, 6) is -0.152. The number of aryl methyl sites for hydroxylation is 1. The quantitative estimate of drug-likeness (QED) is 0.760. The molecular formula is C20H20ClN2O. The molecule has 0 amide bonds. The fourth-order valence-corrected chi connectivity index (χ4v) is 4.07. The van der Waals surface area contributed by atoms with Gasteiger partial charge in [-0.1, -0.05) is 18.0 Å². The van der Waals surface area contributed by atoms with E-state index < -0.39 is 0 Å². The predicted molar refractivity (Wildman–Crippen MR) is 98.1 cm³/mol. The number of aliphatic imine (C=N–C) groups is 1. The molecule has 1 saturated carbocycles. The molecule has 0 bridgehead atoms. The SMILES string of the molecule is O=[C]C1CCCCC1=Nc1c2c(nc3ccc(Cl)cc13)CCCC2. The molecule has 4 rings (SSSR count). The highest BCUT2D eigenvalue weighted by Gasteiger charge is 2.23. The monoisotopic (exact) mass is 339 g/mol. The fourth-order valence-electron chi connectivity index (χ4n) is 3.90. The molecule has 1 fully saturated rings. The van der Waals surface area contributed by atoms with Gasteiger partial charge in [0.05, 0.1) is 17.1 Å². The Kier molecular flexibility index (Phi) is 4.36. The standard InChI is InChI=1S/C20H20ClN2O/c21-14-9-10-19-16(11-14)20(15-6-2-4-8-18(15)22-19)23-17-7-3-1-5-13(17)12-24/h9-11,13H,1-8H2. The van der Waals surface area contributed by atoms with E-state index in [-0.39, 0.29) is 5.92 Å². The third-order valence-electron chi connectivity index (χ3n) is 5.17. The Morgan fingerprint density at radius 3 is 2.83 bits per heavy atom. The molecule has 1 heterocycles. The van der Waals surface area contributed by atoms with Crippen molar-refractivity contribution in [2.24, 2.45) is 10.9 Å². The molecule has 0 saturated heterocycles. The molecule has 3 nitrogen and oxygen atoms in total. The van der Waals surface area contributed by atoms with E-state index in [0.717, 1.165) is 66.5 Å². The maximum atomic E-state index is 11.3. The van der Waals surface area contributed by atoms with Crippen LogP contribution in [0.3, 0.4) is 0 Å². The molecule has 2 aromatic rings. The number of benzene rings is 1. The number of aromatic nitrogens is 1. The summed E-state index contributed by atoms with van der Waals surface area (Å²) < 4.78 is 0. The van der Waals surface area contributed by atoms with E-state index in [1.807, 2.05) is 18.2 Å². The number of fused-ring (bicyclic) bond motifs is 2. The second-order valence-electron chi connectivity index (χ2n) is 6.77. The highest BCUT2D eigenvalue weighted by atomic mass is 35.5. The number of halogens is 1. The minimum atomic E-state index is -0.152. The van der Waals surface area contributed by atoms with E-state index in [4.69, 9.17) is 21.6 Å². The van der Waals surface area contributed by atoms with Crippen molar-refractivity contribution in [2.45, 2.75) is 51.4 Å². The maximum absolute atomic E-state index is 11.3. The second kappa shape index (κ2) is 6.64. The third kappa shape index (κ3) is 2.86. The van der Waals surface area contributed by atoms with Crippen LogP contribution in [0.4, 0.5) is 5.69 Å². The first-order chi connectivity index (χ1) is 11.8. The Labute approximate surface area is 147 Å². The lowest BCUT2D eigenvalue weighted by atomic mass is 9.87. The van der Waals surface area contributed by atoms with Crippen LogP contribution in [0.1, 0.15) is 49.8 Å². The van der Waals surface area contributed by atoms with E-state index in [1.54, 1.807) is 0 Å². The van der Waals surface area contributed by atoms with E-state index in [2.05, 4.69) is 6.29 Å². The van der Waals surface area contributed by atoms with Crippen molar-refractivity contribution in [3.05, 3.63) is 34.5 Å². The van der Waals surface area contributed by atoms with Crippen LogP contribution in [0.25, 0.3) is 10.9 Å². The summed E-state index contributed by atoms with van der Waals surface area (Å²) in [6, 6.07) is 5.81. The van der Waals surface area contributed by atoms with Gasteiger partial charge < -0.3 is 0 Å². The molecule has 24 heavy (non-hydrogen) atoms. The van der Waals surface area contributed by atoms with Crippen LogP contribution in [0, 0.1) is 5.92 Å². The molecule has 2 aliphatic rings. The lowest BCUT2D eigenvalue weighted by Crippen LogP contribution is -2.20. The molecule has 1 aromatic heterocycles. The van der Waals surface area contributed by atoms with Crippen molar-refractivity contribution in [3.8, 4) is 0 Å². The van der Waals surface area contributed by atoms with Crippen LogP contribution in [0.5, 0.6) is 0 Å². The van der Waals surface area contributed by atoms with Crippen LogP contribution < -0.4 is 0 Å². The average molecular weight is 340 g/mol. The van der Waals surface area contributed by atoms with Crippen molar-refractivity contribution in [3.63, 3.8) is 0 Å². The molecule has 0 N–H and O–H groups in total. The van der Waals surface area contributed by atoms with Crippen LogP contribution in [-0.2, 0) is 17.6 Å². The summed E-state index contributed by atoms with van der Waals surface area (Å²) in [5.41, 5.74) is 5.34. The molecular weight excluding hydrogens is 320 g/mol. The van der Waals surface area contributed by atoms with Crippen LogP contribution in [0.2, 0.25) is 5.02 Å². The summed E-state index contributed by atoms with van der Waals surface area (Å²) >= 11 is 6.23. The molecule has 1 radical (unpaired) electrons. The molecule has 123 valence electrons. The smallest absolute Gasteiger partial charge is 0.207 e. The summed E-state index contributed by atoms with van der Waals surface area (Å²) in [7, 11) is 0. The van der Waals surface area contributed by atoms with Gasteiger partial charge in [0.25, 0.3) is 0 Å². The van der Waals surface area contributed by atoms with Crippen LogP contribution in [-0.4, -0.2) is 17.0 Å². The van der Waals surface area contributed by atoms with Gasteiger partial charge in [-0.25, -0.2) is 0 Å². The first-order valence-corrected chi connectivity index (χ1v) is 9.20. The van der Waals surface area contributed by atoms with E-state index in [9.17, 15) is 4.79 Å². The fraction of sp³-hybridized carbons (Fsp3) is 0.450. The van der Waals surface area contributed by atoms with E-state index in [0.29, 0.717) is 5.02 Å². The molecule has 1 unspecified atom stereocenters. The number of hydrogen-bond donors (Lipinski definition) is 0. The Bertz CT molecular complexity index is 828. The molecule has 0 spiro atoms. The zero-order chi connectivity index (χ0) is 16.5. The first kappa shape index (κ1) is 15.8. The maximum Gasteiger partial charge on any atom is 0.207 e. The molecule has 1 atom stereocenters. The number of hydrogen-bond acceptors (Lipinski definition) is 3. The van der Waals surface area contributed by atoms with Gasteiger partial charge in [0, 0.05) is 21.8 Å². The number of pyridine rings is 1. The van der Waals surface area contributed by atoms with E-state index in [1.165, 1.54) is 18.4 Å². The van der Waals surface area contributed by atoms with Crippen LogP contribution in [0.15, 0.2) is 23.2 Å². The van der Waals surface area contributed by atoms with Gasteiger partial charge >= 0.3 is 0 Å². The van der Waals surface area contributed by atoms with Gasteiger partial charge in [-0.2, -0.15) is 0 Å². The summed E-state index contributed by atoms with van der Waals surface area (Å²) in [6.45, 7) is 0. The summed E-state index contributed by atoms with van der Waals surface area (Å²) in [5, 5.41) is 1.70. The van der Waals surface area contributed by atoms with Gasteiger partial charge in [-0.3, -0.25) is 14.8 Å². The predicted octanol–water partition coefficient (Wildman–Crippen LogP) is 5.14. The Balaban J connectivity index is 1.94. The first-order valence-electron chi connectivity index (χ1n) is 8.82. The van der Waals surface area contributed by atoms with Gasteiger partial charge in [0.1, 0.15) is 0 Å². The topological polar surface area (TPSA) is 42.3 Å². The number of carbonyl (C=O) groups excluding carboxylic acids is 1. The largest absolute Gasteiger partial charge is 0.290 e. The molecule has 2 aliphatic carbocycles. The van der Waals surface area contributed by atoms with E-state index >= 15 is 0 Å².